The van der Waals surface area contributed by atoms with Crippen molar-refractivity contribution in [2.75, 3.05) is 38.8 Å². The summed E-state index contributed by atoms with van der Waals surface area (Å²) in [5.74, 6) is 1.35. The largest absolute Gasteiger partial charge is 0.497 e. The maximum absolute atomic E-state index is 12.3. The smallest absolute Gasteiger partial charge is 0.317 e. The molecule has 8 heteroatoms. The highest BCUT2D eigenvalue weighted by Crippen LogP contribution is 2.29. The Balaban J connectivity index is 2.06. The molecule has 1 fully saturated rings. The van der Waals surface area contributed by atoms with E-state index >= 15 is 0 Å². The third-order valence-corrected chi connectivity index (χ3v) is 5.48. The first-order chi connectivity index (χ1) is 10.9. The van der Waals surface area contributed by atoms with Crippen molar-refractivity contribution in [1.29, 1.82) is 0 Å². The zero-order valence-corrected chi connectivity index (χ0v) is 14.4. The Hall–Kier alpha value is -1.96. The van der Waals surface area contributed by atoms with Gasteiger partial charge in [0.05, 0.1) is 31.8 Å². The molecule has 1 atom stereocenters. The number of amides is 2. The van der Waals surface area contributed by atoms with Crippen LogP contribution in [0.15, 0.2) is 18.2 Å². The van der Waals surface area contributed by atoms with E-state index in [0.717, 1.165) is 5.56 Å². The SMILES string of the molecule is COc1ccc(OC)c(C(C)NC(=O)N2CCS(=O)(=O)CC2)c1. The zero-order valence-electron chi connectivity index (χ0n) is 13.5. The molecule has 2 rings (SSSR count). The number of ether oxygens (including phenoxy) is 2. The Morgan fingerprint density at radius 3 is 2.43 bits per heavy atom. The first-order valence-electron chi connectivity index (χ1n) is 7.34. The number of benzene rings is 1. The highest BCUT2D eigenvalue weighted by atomic mass is 32.2. The van der Waals surface area contributed by atoms with Crippen LogP contribution in [0.25, 0.3) is 0 Å². The Labute approximate surface area is 136 Å². The molecule has 0 spiro atoms. The molecular weight excluding hydrogens is 320 g/mol. The van der Waals surface area contributed by atoms with Gasteiger partial charge in [0.1, 0.15) is 11.5 Å². The molecule has 1 aliphatic heterocycles. The summed E-state index contributed by atoms with van der Waals surface area (Å²) in [4.78, 5) is 13.8. The Morgan fingerprint density at radius 2 is 1.87 bits per heavy atom. The van der Waals surface area contributed by atoms with Gasteiger partial charge in [-0.25, -0.2) is 13.2 Å². The maximum Gasteiger partial charge on any atom is 0.317 e. The molecule has 1 unspecified atom stereocenters. The van der Waals surface area contributed by atoms with E-state index in [1.54, 1.807) is 26.4 Å². The lowest BCUT2D eigenvalue weighted by atomic mass is 10.1. The monoisotopic (exact) mass is 342 g/mol. The van der Waals surface area contributed by atoms with Crippen LogP contribution < -0.4 is 14.8 Å². The molecule has 1 saturated heterocycles. The van der Waals surface area contributed by atoms with Gasteiger partial charge in [-0.3, -0.25) is 0 Å². The van der Waals surface area contributed by atoms with Crippen LogP contribution in [0.5, 0.6) is 11.5 Å². The molecule has 0 bridgehead atoms. The standard InChI is InChI=1S/C15H22N2O5S/c1-11(13-10-12(21-2)4-5-14(13)22-3)16-15(18)17-6-8-23(19,20)9-7-17/h4-5,10-11H,6-9H2,1-3H3,(H,16,18). The predicted molar refractivity (Wildman–Crippen MR) is 86.7 cm³/mol. The van der Waals surface area contributed by atoms with Gasteiger partial charge in [0, 0.05) is 18.7 Å². The van der Waals surface area contributed by atoms with Gasteiger partial charge >= 0.3 is 6.03 Å². The number of hydrogen-bond acceptors (Lipinski definition) is 5. The van der Waals surface area contributed by atoms with E-state index in [1.807, 2.05) is 13.0 Å². The lowest BCUT2D eigenvalue weighted by Crippen LogP contribution is -2.48. The second kappa shape index (κ2) is 7.08. The normalized spacial score (nSPS) is 18.1. The molecule has 1 N–H and O–H groups in total. The van der Waals surface area contributed by atoms with E-state index in [0.29, 0.717) is 11.5 Å². The summed E-state index contributed by atoms with van der Waals surface area (Å²) < 4.78 is 33.4. The summed E-state index contributed by atoms with van der Waals surface area (Å²) in [7, 11) is 0.130. The summed E-state index contributed by atoms with van der Waals surface area (Å²) in [5.41, 5.74) is 0.796. The molecule has 23 heavy (non-hydrogen) atoms. The summed E-state index contributed by atoms with van der Waals surface area (Å²) >= 11 is 0. The van der Waals surface area contributed by atoms with E-state index in [2.05, 4.69) is 5.32 Å². The molecule has 1 aromatic rings. The van der Waals surface area contributed by atoms with Crippen molar-refractivity contribution >= 4 is 15.9 Å². The number of urea groups is 1. The van der Waals surface area contributed by atoms with Crippen LogP contribution in [0, 0.1) is 0 Å². The van der Waals surface area contributed by atoms with Crippen LogP contribution in [0.1, 0.15) is 18.5 Å². The quantitative estimate of drug-likeness (QED) is 0.889. The number of rotatable bonds is 4. The zero-order chi connectivity index (χ0) is 17.0. The first-order valence-corrected chi connectivity index (χ1v) is 9.16. The van der Waals surface area contributed by atoms with Crippen molar-refractivity contribution in [1.82, 2.24) is 10.2 Å². The van der Waals surface area contributed by atoms with Gasteiger partial charge < -0.3 is 19.7 Å². The number of nitrogens with one attached hydrogen (secondary N) is 1. The Morgan fingerprint density at radius 1 is 1.22 bits per heavy atom. The van der Waals surface area contributed by atoms with Crippen LogP contribution in [0.3, 0.4) is 0 Å². The number of sulfone groups is 1. The van der Waals surface area contributed by atoms with Crippen LogP contribution in [0.2, 0.25) is 0 Å². The number of carbonyl (C=O) groups excluding carboxylic acids is 1. The molecule has 128 valence electrons. The minimum atomic E-state index is -3.01. The molecule has 7 nitrogen and oxygen atoms in total. The van der Waals surface area contributed by atoms with Crippen molar-refractivity contribution in [3.05, 3.63) is 23.8 Å². The Bertz CT molecular complexity index is 660. The van der Waals surface area contributed by atoms with Gasteiger partial charge in [-0.2, -0.15) is 0 Å². The fraction of sp³-hybridized carbons (Fsp3) is 0.533. The maximum atomic E-state index is 12.3. The summed E-state index contributed by atoms with van der Waals surface area (Å²) in [6.45, 7) is 2.28. The van der Waals surface area contributed by atoms with E-state index in [4.69, 9.17) is 9.47 Å². The van der Waals surface area contributed by atoms with E-state index in [-0.39, 0.29) is 36.7 Å². The van der Waals surface area contributed by atoms with Gasteiger partial charge in [-0.15, -0.1) is 0 Å². The van der Waals surface area contributed by atoms with Crippen LogP contribution in [0.4, 0.5) is 4.79 Å². The number of methoxy groups -OCH3 is 2. The van der Waals surface area contributed by atoms with Crippen LogP contribution in [-0.4, -0.2) is 58.2 Å². The third kappa shape index (κ3) is 4.28. The molecule has 2 amide bonds. The van der Waals surface area contributed by atoms with Crippen LogP contribution in [-0.2, 0) is 9.84 Å². The fourth-order valence-electron chi connectivity index (χ4n) is 2.45. The van der Waals surface area contributed by atoms with Crippen molar-refractivity contribution in [2.45, 2.75) is 13.0 Å². The number of nitrogens with zero attached hydrogens (tertiary/aromatic N) is 1. The molecule has 0 aromatic heterocycles. The summed E-state index contributed by atoms with van der Waals surface area (Å²) in [6.07, 6.45) is 0. The van der Waals surface area contributed by atoms with E-state index in [9.17, 15) is 13.2 Å². The second-order valence-corrected chi connectivity index (χ2v) is 7.72. The minimum Gasteiger partial charge on any atom is -0.497 e. The fourth-order valence-corrected chi connectivity index (χ4v) is 3.65. The first kappa shape index (κ1) is 17.4. The van der Waals surface area contributed by atoms with Gasteiger partial charge in [0.25, 0.3) is 0 Å². The predicted octanol–water partition coefficient (Wildman–Crippen LogP) is 1.20. The number of carbonyl (C=O) groups is 1. The van der Waals surface area contributed by atoms with Crippen molar-refractivity contribution < 1.29 is 22.7 Å². The third-order valence-electron chi connectivity index (χ3n) is 3.87. The number of hydrogen-bond donors (Lipinski definition) is 1. The second-order valence-electron chi connectivity index (χ2n) is 5.42. The average Bonchev–Trinajstić information content (AvgIpc) is 2.53. The minimum absolute atomic E-state index is 0.0112. The summed E-state index contributed by atoms with van der Waals surface area (Å²) in [5, 5.41) is 2.88. The molecule has 0 saturated carbocycles. The molecule has 0 aliphatic carbocycles. The van der Waals surface area contributed by atoms with Gasteiger partial charge in [0.2, 0.25) is 0 Å². The van der Waals surface area contributed by atoms with Crippen LogP contribution >= 0.6 is 0 Å². The highest BCUT2D eigenvalue weighted by Gasteiger charge is 2.26. The van der Waals surface area contributed by atoms with Crippen molar-refractivity contribution in [3.63, 3.8) is 0 Å². The molecular formula is C15H22N2O5S. The lowest BCUT2D eigenvalue weighted by molar-refractivity contribution is 0.198. The van der Waals surface area contributed by atoms with Gasteiger partial charge in [-0.1, -0.05) is 0 Å². The molecule has 1 aromatic carbocycles. The average molecular weight is 342 g/mol. The molecule has 1 heterocycles. The van der Waals surface area contributed by atoms with E-state index in [1.165, 1.54) is 4.90 Å². The van der Waals surface area contributed by atoms with Gasteiger partial charge in [0.15, 0.2) is 9.84 Å². The highest BCUT2D eigenvalue weighted by molar-refractivity contribution is 7.91. The van der Waals surface area contributed by atoms with Gasteiger partial charge in [-0.05, 0) is 25.1 Å². The van der Waals surface area contributed by atoms with Crippen molar-refractivity contribution in [2.24, 2.45) is 0 Å². The van der Waals surface area contributed by atoms with Crippen molar-refractivity contribution in [3.8, 4) is 11.5 Å². The molecule has 1 aliphatic rings. The lowest BCUT2D eigenvalue weighted by Gasteiger charge is -2.28. The topological polar surface area (TPSA) is 84.9 Å². The summed E-state index contributed by atoms with van der Waals surface area (Å²) in [6, 6.07) is 4.80. The van der Waals surface area contributed by atoms with E-state index < -0.39 is 9.84 Å². The molecule has 0 radical (unpaired) electrons. The Kier molecular flexibility index (Phi) is 5.35.